The molecule has 0 radical (unpaired) electrons. The third-order valence-corrected chi connectivity index (χ3v) is 5.08. The molecule has 1 aromatic heterocycles. The Kier molecular flexibility index (Phi) is 6.26. The summed E-state index contributed by atoms with van der Waals surface area (Å²) < 4.78 is 41.5. The van der Waals surface area contributed by atoms with E-state index in [1.165, 1.54) is 17.8 Å². The molecule has 1 aromatic carbocycles. The summed E-state index contributed by atoms with van der Waals surface area (Å²) in [7, 11) is 0. The molecule has 2 aromatic rings. The first-order valence-electron chi connectivity index (χ1n) is 8.57. The van der Waals surface area contributed by atoms with Gasteiger partial charge in [0.25, 0.3) is 5.91 Å². The fourth-order valence-electron chi connectivity index (χ4n) is 2.74. The number of rotatable bonds is 6. The van der Waals surface area contributed by atoms with Crippen molar-refractivity contribution in [3.63, 3.8) is 0 Å². The van der Waals surface area contributed by atoms with Gasteiger partial charge in [0.15, 0.2) is 6.61 Å². The average molecular weight is 396 g/mol. The van der Waals surface area contributed by atoms with E-state index in [0.717, 1.165) is 36.5 Å². The molecule has 0 bridgehead atoms. The highest BCUT2D eigenvalue weighted by atomic mass is 32.2. The summed E-state index contributed by atoms with van der Waals surface area (Å²) in [5.74, 6) is 0.728. The number of pyridine rings is 1. The quantitative estimate of drug-likeness (QED) is 0.672. The van der Waals surface area contributed by atoms with Crippen LogP contribution in [0.1, 0.15) is 28.8 Å². The van der Waals surface area contributed by atoms with Crippen LogP contribution in [0.5, 0.6) is 5.75 Å². The van der Waals surface area contributed by atoms with Crippen LogP contribution in [0.25, 0.3) is 0 Å². The lowest BCUT2D eigenvalue weighted by Crippen LogP contribution is -2.27. The van der Waals surface area contributed by atoms with E-state index < -0.39 is 12.8 Å². The minimum Gasteiger partial charge on any atom is -0.484 e. The molecule has 0 atom stereocenters. The largest absolute Gasteiger partial charge is 0.484 e. The first kappa shape index (κ1) is 19.5. The minimum absolute atomic E-state index is 0.00562. The number of thioether (sulfide) groups is 1. The lowest BCUT2D eigenvalue weighted by atomic mass is 10.2. The second-order valence-corrected chi connectivity index (χ2v) is 7.22. The Labute approximate surface area is 159 Å². The van der Waals surface area contributed by atoms with E-state index >= 15 is 0 Å². The Hall–Kier alpha value is -2.22. The zero-order valence-corrected chi connectivity index (χ0v) is 15.4. The van der Waals surface area contributed by atoms with Gasteiger partial charge < -0.3 is 9.64 Å². The summed E-state index contributed by atoms with van der Waals surface area (Å²) in [6, 6.07) is 10.1. The van der Waals surface area contributed by atoms with Gasteiger partial charge in [-0.2, -0.15) is 13.2 Å². The summed E-state index contributed by atoms with van der Waals surface area (Å²) >= 11 is 1.44. The van der Waals surface area contributed by atoms with Crippen molar-refractivity contribution < 1.29 is 22.7 Å². The number of aromatic nitrogens is 1. The summed E-state index contributed by atoms with van der Waals surface area (Å²) in [5.41, 5.74) is 1.41. The zero-order valence-electron chi connectivity index (χ0n) is 14.5. The van der Waals surface area contributed by atoms with Crippen LogP contribution in [0.2, 0.25) is 0 Å². The van der Waals surface area contributed by atoms with Gasteiger partial charge >= 0.3 is 6.18 Å². The van der Waals surface area contributed by atoms with E-state index in [1.807, 2.05) is 11.0 Å². The van der Waals surface area contributed by atoms with Gasteiger partial charge in [0.2, 0.25) is 0 Å². The number of carbonyl (C=O) groups excluding carboxylic acids is 1. The maximum Gasteiger partial charge on any atom is 0.422 e. The van der Waals surface area contributed by atoms with Gasteiger partial charge in [-0.1, -0.05) is 12.1 Å². The lowest BCUT2D eigenvalue weighted by molar-refractivity contribution is -0.153. The normalized spacial score (nSPS) is 14.4. The van der Waals surface area contributed by atoms with Crippen LogP contribution in [0.4, 0.5) is 13.2 Å². The SMILES string of the molecule is O=C(c1ccc(SCc2cccc(OCC(F)(F)F)c2)nc1)N1CCCC1. The summed E-state index contributed by atoms with van der Waals surface area (Å²) in [4.78, 5) is 18.4. The molecule has 144 valence electrons. The second kappa shape index (κ2) is 8.65. The lowest BCUT2D eigenvalue weighted by Gasteiger charge is -2.14. The van der Waals surface area contributed by atoms with E-state index in [1.54, 1.807) is 30.5 Å². The van der Waals surface area contributed by atoms with Gasteiger partial charge in [0.05, 0.1) is 10.6 Å². The highest BCUT2D eigenvalue weighted by Crippen LogP contribution is 2.25. The van der Waals surface area contributed by atoms with Crippen LogP contribution in [0, 0.1) is 0 Å². The van der Waals surface area contributed by atoms with Crippen molar-refractivity contribution in [3.05, 3.63) is 53.7 Å². The monoisotopic (exact) mass is 396 g/mol. The number of benzene rings is 1. The molecule has 3 rings (SSSR count). The van der Waals surface area contributed by atoms with Crippen molar-refractivity contribution in [2.75, 3.05) is 19.7 Å². The topological polar surface area (TPSA) is 42.4 Å². The molecule has 4 nitrogen and oxygen atoms in total. The van der Waals surface area contributed by atoms with Crippen molar-refractivity contribution in [2.45, 2.75) is 29.8 Å². The molecule has 8 heteroatoms. The number of carbonyl (C=O) groups is 1. The molecule has 2 heterocycles. The predicted octanol–water partition coefficient (Wildman–Crippen LogP) is 4.55. The first-order valence-corrected chi connectivity index (χ1v) is 9.56. The standard InChI is InChI=1S/C19H19F3N2O2S/c20-19(21,22)13-26-16-5-3-4-14(10-16)12-27-17-7-6-15(11-23-17)18(25)24-8-1-2-9-24/h3-7,10-11H,1-2,8-9,12-13H2. The first-order chi connectivity index (χ1) is 12.9. The van der Waals surface area contributed by atoms with Crippen LogP contribution in [0.3, 0.4) is 0 Å². The maximum atomic E-state index is 12.3. The van der Waals surface area contributed by atoms with Gasteiger partial charge in [-0.25, -0.2) is 4.98 Å². The van der Waals surface area contributed by atoms with E-state index in [0.29, 0.717) is 11.3 Å². The molecule has 1 saturated heterocycles. The Morgan fingerprint density at radius 1 is 1.19 bits per heavy atom. The molecule has 0 unspecified atom stereocenters. The zero-order chi connectivity index (χ0) is 19.3. The summed E-state index contributed by atoms with van der Waals surface area (Å²) in [6.07, 6.45) is -0.702. The van der Waals surface area contributed by atoms with E-state index in [2.05, 4.69) is 4.98 Å². The molecule has 1 amide bonds. The van der Waals surface area contributed by atoms with Crippen molar-refractivity contribution >= 4 is 17.7 Å². The van der Waals surface area contributed by atoms with Crippen LogP contribution in [-0.4, -0.2) is 41.7 Å². The third-order valence-electron chi connectivity index (χ3n) is 4.06. The number of likely N-dealkylation sites (tertiary alicyclic amines) is 1. The second-order valence-electron chi connectivity index (χ2n) is 6.22. The molecule has 1 aliphatic heterocycles. The Morgan fingerprint density at radius 2 is 1.96 bits per heavy atom. The van der Waals surface area contributed by atoms with Crippen LogP contribution >= 0.6 is 11.8 Å². The Morgan fingerprint density at radius 3 is 2.63 bits per heavy atom. The van der Waals surface area contributed by atoms with Crippen molar-refractivity contribution in [2.24, 2.45) is 0 Å². The van der Waals surface area contributed by atoms with Crippen LogP contribution in [-0.2, 0) is 5.75 Å². The highest BCUT2D eigenvalue weighted by molar-refractivity contribution is 7.98. The van der Waals surface area contributed by atoms with Crippen LogP contribution in [0.15, 0.2) is 47.6 Å². The molecule has 1 aliphatic rings. The number of ether oxygens (including phenoxy) is 1. The van der Waals surface area contributed by atoms with Crippen molar-refractivity contribution in [1.82, 2.24) is 9.88 Å². The van der Waals surface area contributed by atoms with Crippen molar-refractivity contribution in [3.8, 4) is 5.75 Å². The average Bonchev–Trinajstić information content (AvgIpc) is 3.19. The van der Waals surface area contributed by atoms with E-state index in [-0.39, 0.29) is 11.7 Å². The smallest absolute Gasteiger partial charge is 0.422 e. The van der Waals surface area contributed by atoms with Crippen molar-refractivity contribution in [1.29, 1.82) is 0 Å². The van der Waals surface area contributed by atoms with E-state index in [4.69, 9.17) is 4.74 Å². The van der Waals surface area contributed by atoms with Gasteiger partial charge in [-0.3, -0.25) is 4.79 Å². The molecule has 1 fully saturated rings. The highest BCUT2D eigenvalue weighted by Gasteiger charge is 2.28. The number of hydrogen-bond donors (Lipinski definition) is 0. The number of hydrogen-bond acceptors (Lipinski definition) is 4. The fraction of sp³-hybridized carbons (Fsp3) is 0.368. The molecular weight excluding hydrogens is 377 g/mol. The summed E-state index contributed by atoms with van der Waals surface area (Å²) in [6.45, 7) is 0.280. The number of halogens is 3. The van der Waals surface area contributed by atoms with E-state index in [9.17, 15) is 18.0 Å². The predicted molar refractivity (Wildman–Crippen MR) is 96.9 cm³/mol. The number of amides is 1. The van der Waals surface area contributed by atoms with Gasteiger partial charge in [0.1, 0.15) is 5.75 Å². The number of nitrogens with zero attached hydrogens (tertiary/aromatic N) is 2. The minimum atomic E-state index is -4.36. The third kappa shape index (κ3) is 5.89. The number of alkyl halides is 3. The van der Waals surface area contributed by atoms with Gasteiger partial charge in [-0.15, -0.1) is 11.8 Å². The Balaban J connectivity index is 1.54. The Bertz CT molecular complexity index is 775. The molecule has 0 saturated carbocycles. The molecule has 0 aliphatic carbocycles. The maximum absolute atomic E-state index is 12.3. The molecule has 0 N–H and O–H groups in total. The molecular formula is C19H19F3N2O2S. The summed E-state index contributed by atoms with van der Waals surface area (Å²) in [5, 5.41) is 0.745. The fourth-order valence-corrected chi connectivity index (χ4v) is 3.53. The van der Waals surface area contributed by atoms with Gasteiger partial charge in [-0.05, 0) is 42.7 Å². The molecule has 27 heavy (non-hydrogen) atoms. The molecule has 0 spiro atoms. The van der Waals surface area contributed by atoms with Crippen LogP contribution < -0.4 is 4.74 Å². The van der Waals surface area contributed by atoms with Gasteiger partial charge in [0, 0.05) is 25.0 Å².